The second-order valence-corrected chi connectivity index (χ2v) is 14.6. The average Bonchev–Trinajstić information content (AvgIpc) is 3.61. The number of rotatable bonds is 11. The van der Waals surface area contributed by atoms with Gasteiger partial charge in [0.2, 0.25) is 20.0 Å². The number of sulfonamides is 2. The molecule has 3 aromatic rings. The predicted octanol–water partition coefficient (Wildman–Crippen LogP) is 1.34. The maximum atomic E-state index is 13.4. The minimum absolute atomic E-state index is 0.0103. The molecule has 1 unspecified atom stereocenters. The lowest BCUT2D eigenvalue weighted by atomic mass is 9.88. The molecule has 2 saturated heterocycles. The topological polar surface area (TPSA) is 152 Å². The highest BCUT2D eigenvalue weighted by molar-refractivity contribution is 7.89. The number of aliphatic hydroxyl groups excluding tert-OH is 1. The highest BCUT2D eigenvalue weighted by Gasteiger charge is 2.44. The Morgan fingerprint density at radius 1 is 1.10 bits per heavy atom. The number of nitrogens with one attached hydrogen (secondary N) is 2. The van der Waals surface area contributed by atoms with Crippen LogP contribution in [0, 0.1) is 0 Å². The summed E-state index contributed by atoms with van der Waals surface area (Å²) in [6.45, 7) is 1.46. The van der Waals surface area contributed by atoms with Gasteiger partial charge in [-0.05, 0) is 56.1 Å². The molecule has 12 nitrogen and oxygen atoms in total. The van der Waals surface area contributed by atoms with E-state index in [1.54, 1.807) is 41.2 Å². The van der Waals surface area contributed by atoms with Crippen LogP contribution in [-0.2, 0) is 31.8 Å². The van der Waals surface area contributed by atoms with Crippen LogP contribution >= 0.6 is 0 Å². The summed E-state index contributed by atoms with van der Waals surface area (Å²) in [4.78, 5) is 0.346. The van der Waals surface area contributed by atoms with Gasteiger partial charge in [0.25, 0.3) is 0 Å². The molecule has 2 fully saturated rings. The van der Waals surface area contributed by atoms with E-state index in [2.05, 4.69) is 15.1 Å². The number of ether oxygens (including phenoxy) is 2. The van der Waals surface area contributed by atoms with Gasteiger partial charge in [0.1, 0.15) is 18.5 Å². The molecule has 1 aromatic heterocycles. The summed E-state index contributed by atoms with van der Waals surface area (Å²) < 4.78 is 68.1. The monoisotopic (exact) mass is 619 g/mol. The summed E-state index contributed by atoms with van der Waals surface area (Å²) in [5.74, 6) is 0.346. The molecule has 5 rings (SSSR count). The van der Waals surface area contributed by atoms with Crippen molar-refractivity contribution in [3.63, 3.8) is 0 Å². The van der Waals surface area contributed by atoms with Crippen LogP contribution < -0.4 is 14.8 Å². The maximum absolute atomic E-state index is 13.4. The molecule has 0 saturated carbocycles. The van der Waals surface area contributed by atoms with E-state index in [-0.39, 0.29) is 29.0 Å². The van der Waals surface area contributed by atoms with Crippen LogP contribution in [0.4, 0.5) is 0 Å². The molecule has 228 valence electrons. The van der Waals surface area contributed by atoms with Crippen molar-refractivity contribution in [3.8, 4) is 16.9 Å². The average molecular weight is 620 g/mol. The maximum Gasteiger partial charge on any atom is 0.243 e. The molecular formula is C28H37N5O7S2. The second-order valence-electron chi connectivity index (χ2n) is 10.8. The Hall–Kier alpha value is -2.85. The zero-order valence-corrected chi connectivity index (χ0v) is 25.3. The molecule has 3 heterocycles. The van der Waals surface area contributed by atoms with E-state index < -0.39 is 31.8 Å². The fraction of sp³-hybridized carbons (Fsp3) is 0.464. The van der Waals surface area contributed by atoms with E-state index >= 15 is 0 Å². The van der Waals surface area contributed by atoms with Gasteiger partial charge in [-0.15, -0.1) is 0 Å². The molecule has 0 radical (unpaired) electrons. The first-order valence-corrected chi connectivity index (χ1v) is 16.7. The lowest BCUT2D eigenvalue weighted by Crippen LogP contribution is -2.47. The Morgan fingerprint density at radius 2 is 1.83 bits per heavy atom. The molecule has 1 spiro atoms. The van der Waals surface area contributed by atoms with Gasteiger partial charge in [-0.3, -0.25) is 4.68 Å². The molecule has 14 heteroatoms. The Balaban J connectivity index is 1.10. The number of aliphatic hydroxyl groups is 1. The van der Waals surface area contributed by atoms with Gasteiger partial charge in [-0.1, -0.05) is 18.2 Å². The van der Waals surface area contributed by atoms with Crippen LogP contribution in [0.5, 0.6) is 5.75 Å². The van der Waals surface area contributed by atoms with Gasteiger partial charge in [0, 0.05) is 50.6 Å². The molecular weight excluding hydrogens is 582 g/mol. The lowest BCUT2D eigenvalue weighted by molar-refractivity contribution is -0.0312. The van der Waals surface area contributed by atoms with Crippen LogP contribution in [0.2, 0.25) is 0 Å². The largest absolute Gasteiger partial charge is 0.491 e. The first kappa shape index (κ1) is 30.6. The summed E-state index contributed by atoms with van der Waals surface area (Å²) in [6.07, 6.45) is 4.63. The van der Waals surface area contributed by atoms with Crippen LogP contribution in [0.15, 0.2) is 70.7 Å². The number of piperidine rings is 1. The molecule has 2 aliphatic rings. The van der Waals surface area contributed by atoms with Crippen molar-refractivity contribution >= 4 is 20.0 Å². The van der Waals surface area contributed by atoms with E-state index in [0.717, 1.165) is 17.5 Å². The Labute approximate surface area is 246 Å². The summed E-state index contributed by atoms with van der Waals surface area (Å²) >= 11 is 0. The normalized spacial score (nSPS) is 20.1. The minimum atomic E-state index is -3.66. The van der Waals surface area contributed by atoms with Gasteiger partial charge >= 0.3 is 0 Å². The first-order chi connectivity index (χ1) is 20.0. The number of hydrogen-bond donors (Lipinski definition) is 3. The molecule has 0 aliphatic carbocycles. The quantitative estimate of drug-likeness (QED) is 0.289. The van der Waals surface area contributed by atoms with E-state index in [1.807, 2.05) is 19.3 Å². The second kappa shape index (κ2) is 12.4. The highest BCUT2D eigenvalue weighted by Crippen LogP contribution is 2.37. The van der Waals surface area contributed by atoms with Crippen LogP contribution in [-0.4, -0.2) is 93.7 Å². The van der Waals surface area contributed by atoms with Crippen molar-refractivity contribution in [2.24, 2.45) is 7.05 Å². The molecule has 2 aromatic carbocycles. The van der Waals surface area contributed by atoms with Crippen molar-refractivity contribution in [2.75, 3.05) is 39.9 Å². The van der Waals surface area contributed by atoms with E-state index in [4.69, 9.17) is 9.47 Å². The van der Waals surface area contributed by atoms with Gasteiger partial charge in [-0.2, -0.15) is 9.40 Å². The third-order valence-corrected chi connectivity index (χ3v) is 11.1. The van der Waals surface area contributed by atoms with Crippen molar-refractivity contribution < 1.29 is 31.4 Å². The molecule has 3 N–H and O–H groups in total. The molecule has 42 heavy (non-hydrogen) atoms. The fourth-order valence-electron chi connectivity index (χ4n) is 5.42. The summed E-state index contributed by atoms with van der Waals surface area (Å²) in [6, 6.07) is 13.0. The smallest absolute Gasteiger partial charge is 0.243 e. The summed E-state index contributed by atoms with van der Waals surface area (Å²) in [5, 5.41) is 17.9. The lowest BCUT2D eigenvalue weighted by Gasteiger charge is -2.38. The Bertz CT molecular complexity index is 1600. The standard InChI is InChI=1S/C28H37N5O7S2/c1-29-41(35,36)26-7-4-6-25(14-26)39-20-24(34)17-30-23-15-28(40-19-23)9-11-33(12-10-28)42(37,38)27-8-3-5-21(13-27)22-16-31-32(2)18-22/h3-8,13-14,16,18,23-24,29-30,34H,9-12,15,17,19-20H2,1-2H3/t23-,24?/m0/s1. The predicted molar refractivity (Wildman–Crippen MR) is 156 cm³/mol. The first-order valence-electron chi connectivity index (χ1n) is 13.8. The molecule has 0 bridgehead atoms. The summed E-state index contributed by atoms with van der Waals surface area (Å²) in [5.41, 5.74) is 1.26. The van der Waals surface area contributed by atoms with E-state index in [0.29, 0.717) is 38.3 Å². The third-order valence-electron chi connectivity index (χ3n) is 7.82. The Morgan fingerprint density at radius 3 is 2.55 bits per heavy atom. The molecule has 0 amide bonds. The van der Waals surface area contributed by atoms with Crippen LogP contribution in [0.1, 0.15) is 19.3 Å². The van der Waals surface area contributed by atoms with Crippen LogP contribution in [0.3, 0.4) is 0 Å². The molecule has 2 atom stereocenters. The SMILES string of the molecule is CNS(=O)(=O)c1cccc(OCC(O)CN[C@@H]2COC3(CCN(S(=O)(=O)c4cccc(-c5cnn(C)c5)c4)CC3)C2)c1. The van der Waals surface area contributed by atoms with Crippen molar-refractivity contribution in [1.82, 2.24) is 24.1 Å². The van der Waals surface area contributed by atoms with E-state index in [1.165, 1.54) is 23.5 Å². The zero-order valence-electron chi connectivity index (χ0n) is 23.6. The minimum Gasteiger partial charge on any atom is -0.491 e. The highest BCUT2D eigenvalue weighted by atomic mass is 32.2. The Kier molecular flexibility index (Phi) is 9.04. The molecule has 2 aliphatic heterocycles. The fourth-order valence-corrected chi connectivity index (χ4v) is 7.67. The van der Waals surface area contributed by atoms with Crippen molar-refractivity contribution in [3.05, 3.63) is 60.9 Å². The van der Waals surface area contributed by atoms with Gasteiger partial charge in [-0.25, -0.2) is 21.6 Å². The van der Waals surface area contributed by atoms with Gasteiger partial charge in [0.05, 0.1) is 28.2 Å². The zero-order chi connectivity index (χ0) is 30.0. The van der Waals surface area contributed by atoms with E-state index in [9.17, 15) is 21.9 Å². The van der Waals surface area contributed by atoms with Crippen molar-refractivity contribution in [1.29, 1.82) is 0 Å². The number of benzene rings is 2. The number of nitrogens with zero attached hydrogens (tertiary/aromatic N) is 3. The third kappa shape index (κ3) is 6.86. The number of hydrogen-bond acceptors (Lipinski definition) is 9. The van der Waals surface area contributed by atoms with Gasteiger partial charge in [0.15, 0.2) is 0 Å². The number of aryl methyl sites for hydroxylation is 1. The van der Waals surface area contributed by atoms with Crippen LogP contribution in [0.25, 0.3) is 11.1 Å². The van der Waals surface area contributed by atoms with Gasteiger partial charge < -0.3 is 19.9 Å². The number of aromatic nitrogens is 2. The van der Waals surface area contributed by atoms with Crippen molar-refractivity contribution in [2.45, 2.75) is 46.8 Å². The summed E-state index contributed by atoms with van der Waals surface area (Å²) in [7, 11) is -4.09.